The third-order valence-electron chi connectivity index (χ3n) is 9.64. The number of ether oxygens (including phenoxy) is 1. The first-order chi connectivity index (χ1) is 23.5. The van der Waals surface area contributed by atoms with E-state index >= 15 is 0 Å². The van der Waals surface area contributed by atoms with Gasteiger partial charge >= 0.3 is 5.97 Å². The number of carbonyl (C=O) groups excluding carboxylic acids is 4. The van der Waals surface area contributed by atoms with Gasteiger partial charge in [-0.1, -0.05) is 76.3 Å². The smallest absolute Gasteiger partial charge is 0.320 e. The van der Waals surface area contributed by atoms with Gasteiger partial charge in [-0.15, -0.1) is 12.3 Å². The summed E-state index contributed by atoms with van der Waals surface area (Å²) >= 11 is 0. The van der Waals surface area contributed by atoms with E-state index in [0.717, 1.165) is 37.7 Å². The monoisotopic (exact) mass is 682 g/mol. The molecule has 1 saturated carbocycles. The summed E-state index contributed by atoms with van der Waals surface area (Å²) in [5, 5.41) is 27.8. The molecule has 1 heterocycles. The molecule has 2 fully saturated rings. The van der Waals surface area contributed by atoms with Gasteiger partial charge in [0.15, 0.2) is 0 Å². The van der Waals surface area contributed by atoms with Crippen molar-refractivity contribution in [3.8, 4) is 12.3 Å². The Hall–Kier alpha value is -3.46. The summed E-state index contributed by atoms with van der Waals surface area (Å²) in [5.74, 6) is 0.660. The van der Waals surface area contributed by atoms with E-state index in [-0.39, 0.29) is 43.6 Å². The molecule has 1 aliphatic heterocycles. The normalized spacial score (nSPS) is 19.0. The number of hydrogen-bond acceptors (Lipinski definition) is 8. The molecular weight excluding hydrogens is 624 g/mol. The van der Waals surface area contributed by atoms with Crippen LogP contribution in [0.25, 0.3) is 0 Å². The number of nitrogens with one attached hydrogen (secondary N) is 2. The summed E-state index contributed by atoms with van der Waals surface area (Å²) in [6.45, 7) is 6.06. The highest BCUT2D eigenvalue weighted by Crippen LogP contribution is 2.29. The highest BCUT2D eigenvalue weighted by molar-refractivity contribution is 5.91. The van der Waals surface area contributed by atoms with Gasteiger partial charge in [0.25, 0.3) is 0 Å². The van der Waals surface area contributed by atoms with E-state index in [2.05, 4.69) is 16.6 Å². The van der Waals surface area contributed by atoms with Crippen molar-refractivity contribution in [3.05, 3.63) is 35.9 Å². The van der Waals surface area contributed by atoms with Gasteiger partial charge in [0.05, 0.1) is 31.2 Å². The molecule has 272 valence electrons. The molecule has 4 N–H and O–H groups in total. The first-order valence-electron chi connectivity index (χ1n) is 18.0. The molecule has 49 heavy (non-hydrogen) atoms. The lowest BCUT2D eigenvalue weighted by Crippen LogP contribution is -2.56. The number of esters is 1. The van der Waals surface area contributed by atoms with Crippen LogP contribution in [0, 0.1) is 30.1 Å². The Kier molecular flexibility index (Phi) is 17.1. The van der Waals surface area contributed by atoms with E-state index in [0.29, 0.717) is 45.0 Å². The highest BCUT2D eigenvalue weighted by atomic mass is 16.5. The number of nitrogens with zero attached hydrogens (tertiary/aromatic N) is 2. The lowest BCUT2D eigenvalue weighted by Gasteiger charge is -2.33. The average molecular weight is 683 g/mol. The minimum Gasteiger partial charge on any atom is -0.465 e. The van der Waals surface area contributed by atoms with Gasteiger partial charge < -0.3 is 30.5 Å². The number of likely N-dealkylation sites (N-methyl/N-ethyl adjacent to an activating group) is 1. The number of rotatable bonds is 18. The maximum absolute atomic E-state index is 13.9. The minimum atomic E-state index is -1.17. The summed E-state index contributed by atoms with van der Waals surface area (Å²) in [5.41, 5.74) is 0.869. The Morgan fingerprint density at radius 3 is 2.45 bits per heavy atom. The number of aliphatic hydroxyl groups excluding tert-OH is 2. The molecule has 3 amide bonds. The first-order valence-corrected chi connectivity index (χ1v) is 18.0. The number of hydrogen-bond donors (Lipinski definition) is 4. The number of benzene rings is 1. The number of carbonyl (C=O) groups is 4. The van der Waals surface area contributed by atoms with E-state index in [1.165, 1.54) is 6.42 Å². The Bertz CT molecular complexity index is 1230. The molecule has 2 unspecified atom stereocenters. The van der Waals surface area contributed by atoms with Crippen LogP contribution in [0.3, 0.4) is 0 Å². The Balaban J connectivity index is 1.71. The van der Waals surface area contributed by atoms with Crippen molar-refractivity contribution < 1.29 is 34.1 Å². The summed E-state index contributed by atoms with van der Waals surface area (Å²) in [6.07, 6.45) is 10.6. The molecule has 0 radical (unpaired) electrons. The van der Waals surface area contributed by atoms with Gasteiger partial charge in [-0.3, -0.25) is 24.1 Å². The van der Waals surface area contributed by atoms with Gasteiger partial charge in [0, 0.05) is 39.5 Å². The van der Waals surface area contributed by atoms with E-state index < -0.39 is 42.0 Å². The number of terminal acetylenes is 1. The van der Waals surface area contributed by atoms with Crippen molar-refractivity contribution >= 4 is 23.7 Å². The zero-order valence-corrected chi connectivity index (χ0v) is 29.6. The van der Waals surface area contributed by atoms with Gasteiger partial charge in [-0.05, 0) is 43.1 Å². The fourth-order valence-electron chi connectivity index (χ4n) is 6.77. The lowest BCUT2D eigenvalue weighted by molar-refractivity contribution is -0.143. The second kappa shape index (κ2) is 20.9. The van der Waals surface area contributed by atoms with Crippen LogP contribution in [0.5, 0.6) is 0 Å². The van der Waals surface area contributed by atoms with Crippen molar-refractivity contribution in [1.82, 2.24) is 20.4 Å². The van der Waals surface area contributed by atoms with Crippen molar-refractivity contribution in [2.24, 2.45) is 17.8 Å². The molecule has 0 spiro atoms. The fraction of sp³-hybridized carbons (Fsp3) is 0.684. The van der Waals surface area contributed by atoms with E-state index in [1.807, 2.05) is 49.1 Å². The largest absolute Gasteiger partial charge is 0.465 e. The fourth-order valence-corrected chi connectivity index (χ4v) is 6.77. The van der Waals surface area contributed by atoms with Crippen molar-refractivity contribution in [2.45, 2.75) is 109 Å². The lowest BCUT2D eigenvalue weighted by atomic mass is 9.82. The maximum atomic E-state index is 13.9. The molecule has 0 bridgehead atoms. The second-order valence-corrected chi connectivity index (χ2v) is 14.3. The predicted molar refractivity (Wildman–Crippen MR) is 188 cm³/mol. The zero-order chi connectivity index (χ0) is 35.8. The molecule has 3 rings (SSSR count). The van der Waals surface area contributed by atoms with Crippen LogP contribution < -0.4 is 10.6 Å². The number of aliphatic hydroxyl groups is 2. The van der Waals surface area contributed by atoms with E-state index in [4.69, 9.17) is 11.2 Å². The quantitative estimate of drug-likeness (QED) is 0.137. The molecule has 1 aliphatic carbocycles. The average Bonchev–Trinajstić information content (AvgIpc) is 3.29. The second-order valence-electron chi connectivity index (χ2n) is 14.3. The van der Waals surface area contributed by atoms with E-state index in [1.54, 1.807) is 11.9 Å². The number of cyclic esters (lactones) is 1. The molecule has 1 aromatic rings. The third-order valence-corrected chi connectivity index (χ3v) is 9.64. The van der Waals surface area contributed by atoms with Gasteiger partial charge in [0.2, 0.25) is 17.7 Å². The van der Waals surface area contributed by atoms with Crippen molar-refractivity contribution in [2.75, 3.05) is 39.8 Å². The van der Waals surface area contributed by atoms with E-state index in [9.17, 15) is 29.4 Å². The summed E-state index contributed by atoms with van der Waals surface area (Å²) in [4.78, 5) is 56.4. The Morgan fingerprint density at radius 1 is 1.06 bits per heavy atom. The van der Waals surface area contributed by atoms with Crippen LogP contribution >= 0.6 is 0 Å². The van der Waals surface area contributed by atoms with Crippen LogP contribution in [0.1, 0.15) is 83.6 Å². The molecule has 1 aromatic carbocycles. The highest BCUT2D eigenvalue weighted by Gasteiger charge is 2.34. The van der Waals surface area contributed by atoms with Crippen molar-refractivity contribution in [3.63, 3.8) is 0 Å². The topological polar surface area (TPSA) is 149 Å². The number of amides is 3. The van der Waals surface area contributed by atoms with Gasteiger partial charge in [-0.2, -0.15) is 0 Å². The SMILES string of the molecule is C#CCC(NC(=O)[C@@H](CC(=O)N(C)CCN1CCCOC(=O)C1)Cc1ccccc1)C(=O)N[C@@H](CC1CCCCC1)C(O)[C@@H](O)CC(C)C. The van der Waals surface area contributed by atoms with Crippen LogP contribution in [0.4, 0.5) is 0 Å². The van der Waals surface area contributed by atoms with Crippen LogP contribution in [0.2, 0.25) is 0 Å². The minimum absolute atomic E-state index is 0.0808. The molecule has 5 atom stereocenters. The molecule has 2 aliphatic rings. The Labute approximate surface area is 292 Å². The molecule has 11 heteroatoms. The first kappa shape index (κ1) is 40.0. The van der Waals surface area contributed by atoms with Crippen LogP contribution in [0.15, 0.2) is 30.3 Å². The standard InChI is InChI=1S/C38H58N4O7/c1-5-13-31(38(48)40-32(24-29-16-10-7-11-17-29)36(46)33(43)22-27(2)3)39-37(47)30(23-28-14-8-6-9-15-28)25-34(44)41(4)19-20-42-18-12-21-49-35(45)26-42/h1,6,8-9,14-15,27,29-33,36,43,46H,7,10-13,16-26H2,2-4H3,(H,39,47)(H,40,48)/t30-,31?,32+,33+,36?/m1/s1. The molecule has 1 saturated heterocycles. The molecular formula is C38H58N4O7. The third kappa shape index (κ3) is 14.1. The van der Waals surface area contributed by atoms with Gasteiger partial charge in [0.1, 0.15) is 12.1 Å². The van der Waals surface area contributed by atoms with Gasteiger partial charge in [-0.25, -0.2) is 0 Å². The van der Waals surface area contributed by atoms with Crippen LogP contribution in [-0.2, 0) is 30.3 Å². The summed E-state index contributed by atoms with van der Waals surface area (Å²) in [7, 11) is 1.68. The summed E-state index contributed by atoms with van der Waals surface area (Å²) < 4.78 is 5.11. The predicted octanol–water partition coefficient (Wildman–Crippen LogP) is 2.67. The molecule has 11 nitrogen and oxygen atoms in total. The maximum Gasteiger partial charge on any atom is 0.320 e. The Morgan fingerprint density at radius 2 is 1.78 bits per heavy atom. The molecule has 0 aromatic heterocycles. The van der Waals surface area contributed by atoms with Crippen LogP contribution in [-0.4, -0.2) is 108 Å². The summed E-state index contributed by atoms with van der Waals surface area (Å²) in [6, 6.07) is 7.59. The van der Waals surface area contributed by atoms with Crippen molar-refractivity contribution in [1.29, 1.82) is 0 Å². The zero-order valence-electron chi connectivity index (χ0n) is 29.6.